The smallest absolute Gasteiger partial charge is 0.407 e. The van der Waals surface area contributed by atoms with Gasteiger partial charge >= 0.3 is 6.09 Å². The summed E-state index contributed by atoms with van der Waals surface area (Å²) in [5, 5.41) is 10.2. The van der Waals surface area contributed by atoms with E-state index in [1.807, 2.05) is 29.2 Å². The molecule has 5 nitrogen and oxygen atoms in total. The van der Waals surface area contributed by atoms with Crippen LogP contribution >= 0.6 is 11.6 Å². The summed E-state index contributed by atoms with van der Waals surface area (Å²) in [7, 11) is 0. The molecule has 1 saturated carbocycles. The molecule has 1 aliphatic heterocycles. The molecule has 0 bridgehead atoms. The molecule has 6 heteroatoms. The molecule has 0 spiro atoms. The van der Waals surface area contributed by atoms with Gasteiger partial charge in [-0.05, 0) is 55.7 Å². The molecule has 29 heavy (non-hydrogen) atoms. The molecule has 2 aliphatic rings. The van der Waals surface area contributed by atoms with Crippen molar-refractivity contribution in [1.29, 1.82) is 0 Å². The first-order valence-corrected chi connectivity index (χ1v) is 11.4. The zero-order chi connectivity index (χ0) is 20.8. The number of carbonyl (C=O) groups excluding carboxylic acids is 1. The van der Waals surface area contributed by atoms with Crippen LogP contribution < -0.4 is 0 Å². The average Bonchev–Trinajstić information content (AvgIpc) is 3.23. The third kappa shape index (κ3) is 5.44. The second kappa shape index (κ2) is 10.3. The van der Waals surface area contributed by atoms with Gasteiger partial charge in [-0.3, -0.25) is 4.79 Å². The third-order valence-corrected chi connectivity index (χ3v) is 6.80. The number of likely N-dealkylation sites (tertiary alicyclic amines) is 1. The van der Waals surface area contributed by atoms with Crippen molar-refractivity contribution in [2.45, 2.75) is 70.3 Å². The van der Waals surface area contributed by atoms with Crippen molar-refractivity contribution < 1.29 is 14.7 Å². The number of carboxylic acid groups (broad SMARTS) is 1. The SMILES string of the molecule is CCCCN(C(=O)O)C1CCN(C(=O)C(c2cccc(Cl)c2)C2CCCC2)CC1. The second-order valence-corrected chi connectivity index (χ2v) is 8.90. The highest BCUT2D eigenvalue weighted by atomic mass is 35.5. The highest BCUT2D eigenvalue weighted by Gasteiger charge is 2.37. The van der Waals surface area contributed by atoms with Crippen LogP contribution in [0.25, 0.3) is 0 Å². The van der Waals surface area contributed by atoms with Crippen LogP contribution in [0.1, 0.15) is 69.8 Å². The number of carbonyl (C=O) groups is 2. The van der Waals surface area contributed by atoms with Crippen LogP contribution in [0.15, 0.2) is 24.3 Å². The first-order chi connectivity index (χ1) is 14.0. The Hall–Kier alpha value is -1.75. The van der Waals surface area contributed by atoms with Gasteiger partial charge in [0.1, 0.15) is 0 Å². The van der Waals surface area contributed by atoms with Gasteiger partial charge in [0.05, 0.1) is 5.92 Å². The molecule has 3 rings (SSSR count). The number of halogens is 1. The first-order valence-electron chi connectivity index (χ1n) is 11.0. The topological polar surface area (TPSA) is 60.9 Å². The van der Waals surface area contributed by atoms with Crippen molar-refractivity contribution in [2.24, 2.45) is 5.92 Å². The maximum atomic E-state index is 13.5. The molecule has 1 unspecified atom stereocenters. The molecule has 2 amide bonds. The van der Waals surface area contributed by atoms with E-state index in [4.69, 9.17) is 11.6 Å². The summed E-state index contributed by atoms with van der Waals surface area (Å²) in [5.41, 5.74) is 1.02. The Balaban J connectivity index is 1.69. The van der Waals surface area contributed by atoms with E-state index >= 15 is 0 Å². The van der Waals surface area contributed by atoms with Gasteiger partial charge in [-0.2, -0.15) is 0 Å². The average molecular weight is 421 g/mol. The van der Waals surface area contributed by atoms with Gasteiger partial charge in [0.15, 0.2) is 0 Å². The van der Waals surface area contributed by atoms with Gasteiger partial charge in [-0.25, -0.2) is 4.79 Å². The van der Waals surface area contributed by atoms with Crippen molar-refractivity contribution in [3.8, 4) is 0 Å². The molecule has 1 aliphatic carbocycles. The van der Waals surface area contributed by atoms with Crippen molar-refractivity contribution in [3.05, 3.63) is 34.9 Å². The largest absolute Gasteiger partial charge is 0.465 e. The molecular formula is C23H33ClN2O3. The summed E-state index contributed by atoms with van der Waals surface area (Å²) < 4.78 is 0. The lowest BCUT2D eigenvalue weighted by Gasteiger charge is -2.39. The number of rotatable bonds is 7. The van der Waals surface area contributed by atoms with Crippen LogP contribution in [-0.2, 0) is 4.79 Å². The Morgan fingerprint density at radius 3 is 2.48 bits per heavy atom. The van der Waals surface area contributed by atoms with E-state index in [1.54, 1.807) is 4.90 Å². The van der Waals surface area contributed by atoms with Crippen molar-refractivity contribution in [2.75, 3.05) is 19.6 Å². The first kappa shape index (κ1) is 21.9. The standard InChI is InChI=1S/C23H33ClN2O3/c1-2-3-13-26(23(28)29)20-11-14-25(15-12-20)22(27)21(17-7-4-5-8-17)18-9-6-10-19(24)16-18/h6,9-10,16-17,20-21H,2-5,7-8,11-15H2,1H3,(H,28,29). The summed E-state index contributed by atoms with van der Waals surface area (Å²) in [6.45, 7) is 3.91. The zero-order valence-electron chi connectivity index (χ0n) is 17.4. The lowest BCUT2D eigenvalue weighted by atomic mass is 9.83. The van der Waals surface area contributed by atoms with E-state index in [0.29, 0.717) is 43.4 Å². The van der Waals surface area contributed by atoms with Gasteiger partial charge in [-0.15, -0.1) is 0 Å². The summed E-state index contributed by atoms with van der Waals surface area (Å²) in [5.74, 6) is 0.426. The van der Waals surface area contributed by atoms with Crippen molar-refractivity contribution >= 4 is 23.6 Å². The fourth-order valence-electron chi connectivity index (χ4n) is 4.96. The zero-order valence-corrected chi connectivity index (χ0v) is 18.1. The minimum atomic E-state index is -0.842. The molecule has 160 valence electrons. The molecule has 1 atom stereocenters. The number of hydrogen-bond acceptors (Lipinski definition) is 2. The number of unbranched alkanes of at least 4 members (excludes halogenated alkanes) is 1. The Morgan fingerprint density at radius 2 is 1.90 bits per heavy atom. The van der Waals surface area contributed by atoms with E-state index < -0.39 is 6.09 Å². The summed E-state index contributed by atoms with van der Waals surface area (Å²) >= 11 is 6.23. The van der Waals surface area contributed by atoms with E-state index in [1.165, 1.54) is 12.8 Å². The summed E-state index contributed by atoms with van der Waals surface area (Å²) in [4.78, 5) is 28.7. The van der Waals surface area contributed by atoms with Crippen molar-refractivity contribution in [1.82, 2.24) is 9.80 Å². The minimum absolute atomic E-state index is 0.0131. The number of piperidine rings is 1. The molecule has 1 saturated heterocycles. The monoisotopic (exact) mass is 420 g/mol. The molecule has 1 aromatic carbocycles. The van der Waals surface area contributed by atoms with Crippen LogP contribution in [0.3, 0.4) is 0 Å². The Morgan fingerprint density at radius 1 is 1.21 bits per heavy atom. The van der Waals surface area contributed by atoms with Crippen LogP contribution in [0.5, 0.6) is 0 Å². The molecule has 0 radical (unpaired) electrons. The van der Waals surface area contributed by atoms with E-state index in [0.717, 1.165) is 31.2 Å². The number of nitrogens with zero attached hydrogens (tertiary/aromatic N) is 2. The van der Waals surface area contributed by atoms with Crippen LogP contribution in [0, 0.1) is 5.92 Å². The lowest BCUT2D eigenvalue weighted by molar-refractivity contribution is -0.135. The fraction of sp³-hybridized carbons (Fsp3) is 0.652. The Kier molecular flexibility index (Phi) is 7.82. The second-order valence-electron chi connectivity index (χ2n) is 8.46. The molecule has 1 heterocycles. The predicted octanol–water partition coefficient (Wildman–Crippen LogP) is 5.38. The number of hydrogen-bond donors (Lipinski definition) is 1. The van der Waals surface area contributed by atoms with Crippen LogP contribution in [-0.4, -0.2) is 52.6 Å². The van der Waals surface area contributed by atoms with Crippen molar-refractivity contribution in [3.63, 3.8) is 0 Å². The van der Waals surface area contributed by atoms with Gasteiger partial charge < -0.3 is 14.9 Å². The van der Waals surface area contributed by atoms with E-state index in [-0.39, 0.29) is 17.9 Å². The Bertz CT molecular complexity index is 697. The normalized spacial score (nSPS) is 19.3. The fourth-order valence-corrected chi connectivity index (χ4v) is 5.16. The van der Waals surface area contributed by atoms with Gasteiger partial charge in [0.2, 0.25) is 5.91 Å². The molecule has 2 fully saturated rings. The molecule has 0 aromatic heterocycles. The van der Waals surface area contributed by atoms with Gasteiger partial charge in [-0.1, -0.05) is 49.9 Å². The Labute approximate surface area is 179 Å². The maximum absolute atomic E-state index is 13.5. The van der Waals surface area contributed by atoms with Gasteiger partial charge in [0.25, 0.3) is 0 Å². The highest BCUT2D eigenvalue weighted by Crippen LogP contribution is 2.39. The highest BCUT2D eigenvalue weighted by molar-refractivity contribution is 6.30. The van der Waals surface area contributed by atoms with Crippen LogP contribution in [0.2, 0.25) is 5.02 Å². The van der Waals surface area contributed by atoms with Gasteiger partial charge in [0, 0.05) is 30.7 Å². The molecular weight excluding hydrogens is 388 g/mol. The van der Waals surface area contributed by atoms with E-state index in [9.17, 15) is 14.7 Å². The lowest BCUT2D eigenvalue weighted by Crippen LogP contribution is -2.50. The number of benzene rings is 1. The number of amides is 2. The molecule has 1 aromatic rings. The minimum Gasteiger partial charge on any atom is -0.465 e. The quantitative estimate of drug-likeness (QED) is 0.643. The molecule has 1 N–H and O–H groups in total. The maximum Gasteiger partial charge on any atom is 0.407 e. The van der Waals surface area contributed by atoms with E-state index in [2.05, 4.69) is 6.92 Å². The summed E-state index contributed by atoms with van der Waals surface area (Å²) in [6, 6.07) is 7.75. The predicted molar refractivity (Wildman–Crippen MR) is 115 cm³/mol. The summed E-state index contributed by atoms with van der Waals surface area (Å²) in [6.07, 6.45) is 6.99. The van der Waals surface area contributed by atoms with Crippen LogP contribution in [0.4, 0.5) is 4.79 Å². The third-order valence-electron chi connectivity index (χ3n) is 6.56.